The first-order valence-corrected chi connectivity index (χ1v) is 5.08. The lowest BCUT2D eigenvalue weighted by Crippen LogP contribution is -2.08. The fourth-order valence-electron chi connectivity index (χ4n) is 1.08. The van der Waals surface area contributed by atoms with Crippen molar-refractivity contribution in [3.63, 3.8) is 0 Å². The van der Waals surface area contributed by atoms with Gasteiger partial charge < -0.3 is 4.74 Å². The summed E-state index contributed by atoms with van der Waals surface area (Å²) >= 11 is 5.58. The Morgan fingerprint density at radius 2 is 1.93 bits per heavy atom. The highest BCUT2D eigenvalue weighted by atomic mass is 35.5. The molecule has 0 heterocycles. The standard InChI is InChI=1S/C11H13ClF2O/c1-6(2)5-15-11-9(13)7(3)4-8(12)10(11)14/h4,6H,5H2,1-3H3. The molecule has 4 heteroatoms. The van der Waals surface area contributed by atoms with E-state index in [0.717, 1.165) is 0 Å². The van der Waals surface area contributed by atoms with Crippen LogP contribution in [-0.2, 0) is 0 Å². The van der Waals surface area contributed by atoms with Crippen molar-refractivity contribution in [3.05, 3.63) is 28.3 Å². The average molecular weight is 235 g/mol. The van der Waals surface area contributed by atoms with Gasteiger partial charge in [-0.2, -0.15) is 0 Å². The number of aryl methyl sites for hydroxylation is 1. The van der Waals surface area contributed by atoms with Crippen molar-refractivity contribution in [3.8, 4) is 5.75 Å². The number of benzene rings is 1. The highest BCUT2D eigenvalue weighted by Crippen LogP contribution is 2.30. The van der Waals surface area contributed by atoms with Crippen LogP contribution in [0.4, 0.5) is 8.78 Å². The predicted molar refractivity (Wildman–Crippen MR) is 56.4 cm³/mol. The molecule has 0 unspecified atom stereocenters. The maximum absolute atomic E-state index is 13.5. The normalized spacial score (nSPS) is 10.9. The molecule has 0 radical (unpaired) electrons. The molecule has 0 aliphatic rings. The second-order valence-corrected chi connectivity index (χ2v) is 4.24. The highest BCUT2D eigenvalue weighted by molar-refractivity contribution is 6.31. The number of ether oxygens (including phenoxy) is 1. The van der Waals surface area contributed by atoms with Crippen molar-refractivity contribution >= 4 is 11.6 Å². The van der Waals surface area contributed by atoms with Crippen LogP contribution in [-0.4, -0.2) is 6.61 Å². The van der Waals surface area contributed by atoms with Crippen molar-refractivity contribution in [2.75, 3.05) is 6.61 Å². The summed E-state index contributed by atoms with van der Waals surface area (Å²) in [5.41, 5.74) is 0.278. The zero-order valence-corrected chi connectivity index (χ0v) is 9.66. The summed E-state index contributed by atoms with van der Waals surface area (Å²) < 4.78 is 31.9. The van der Waals surface area contributed by atoms with Crippen LogP contribution in [0.1, 0.15) is 19.4 Å². The fourth-order valence-corrected chi connectivity index (χ4v) is 1.33. The minimum absolute atomic E-state index is 0.118. The summed E-state index contributed by atoms with van der Waals surface area (Å²) in [6.07, 6.45) is 0. The number of hydrogen-bond acceptors (Lipinski definition) is 1. The second-order valence-electron chi connectivity index (χ2n) is 3.84. The van der Waals surface area contributed by atoms with Gasteiger partial charge in [0, 0.05) is 0 Å². The minimum Gasteiger partial charge on any atom is -0.487 e. The van der Waals surface area contributed by atoms with Crippen molar-refractivity contribution in [2.24, 2.45) is 5.92 Å². The Morgan fingerprint density at radius 1 is 1.33 bits per heavy atom. The SMILES string of the molecule is Cc1cc(Cl)c(F)c(OCC(C)C)c1F. The Kier molecular flexibility index (Phi) is 3.91. The zero-order valence-electron chi connectivity index (χ0n) is 8.90. The largest absolute Gasteiger partial charge is 0.487 e. The lowest BCUT2D eigenvalue weighted by atomic mass is 10.2. The van der Waals surface area contributed by atoms with Gasteiger partial charge >= 0.3 is 0 Å². The first-order chi connectivity index (χ1) is 6.93. The van der Waals surface area contributed by atoms with E-state index in [9.17, 15) is 8.78 Å². The van der Waals surface area contributed by atoms with Crippen LogP contribution in [0.2, 0.25) is 5.02 Å². The van der Waals surface area contributed by atoms with Crippen LogP contribution in [0.3, 0.4) is 0 Å². The Hall–Kier alpha value is -0.830. The van der Waals surface area contributed by atoms with E-state index in [2.05, 4.69) is 0 Å². The molecule has 84 valence electrons. The molecule has 0 aliphatic heterocycles. The van der Waals surface area contributed by atoms with Crippen LogP contribution in [0.15, 0.2) is 6.07 Å². The number of halogens is 3. The van der Waals surface area contributed by atoms with E-state index < -0.39 is 11.6 Å². The summed E-state index contributed by atoms with van der Waals surface area (Å²) in [5, 5.41) is -0.118. The lowest BCUT2D eigenvalue weighted by Gasteiger charge is -2.12. The first-order valence-electron chi connectivity index (χ1n) is 4.70. The molecule has 0 atom stereocenters. The molecular weight excluding hydrogens is 222 g/mol. The highest BCUT2D eigenvalue weighted by Gasteiger charge is 2.17. The van der Waals surface area contributed by atoms with E-state index in [-0.39, 0.29) is 28.9 Å². The summed E-state index contributed by atoms with van der Waals surface area (Å²) in [7, 11) is 0. The van der Waals surface area contributed by atoms with Gasteiger partial charge in [0.15, 0.2) is 17.4 Å². The van der Waals surface area contributed by atoms with Gasteiger partial charge in [-0.3, -0.25) is 0 Å². The molecule has 0 bridgehead atoms. The average Bonchev–Trinajstić information content (AvgIpc) is 2.14. The molecular formula is C11H13ClF2O. The quantitative estimate of drug-likeness (QED) is 0.720. The monoisotopic (exact) mass is 234 g/mol. The molecule has 0 aromatic heterocycles. The van der Waals surface area contributed by atoms with Crippen LogP contribution in [0.25, 0.3) is 0 Å². The summed E-state index contributed by atoms with van der Waals surface area (Å²) in [6, 6.07) is 1.24. The van der Waals surface area contributed by atoms with E-state index in [4.69, 9.17) is 16.3 Å². The van der Waals surface area contributed by atoms with Gasteiger partial charge in [-0.05, 0) is 24.5 Å². The van der Waals surface area contributed by atoms with Crippen LogP contribution in [0, 0.1) is 24.5 Å². The molecule has 0 saturated heterocycles. The van der Waals surface area contributed by atoms with E-state index in [1.54, 1.807) is 0 Å². The van der Waals surface area contributed by atoms with Gasteiger partial charge in [-0.15, -0.1) is 0 Å². The Bertz CT molecular complexity index is 338. The molecule has 0 aliphatic carbocycles. The molecule has 0 N–H and O–H groups in total. The van der Waals surface area contributed by atoms with E-state index >= 15 is 0 Å². The third kappa shape index (κ3) is 2.81. The summed E-state index contributed by atoms with van der Waals surface area (Å²) in [4.78, 5) is 0. The van der Waals surface area contributed by atoms with Gasteiger partial charge in [0.25, 0.3) is 0 Å². The predicted octanol–water partition coefficient (Wildman–Crippen LogP) is 3.96. The molecule has 0 spiro atoms. The molecule has 1 aromatic rings. The van der Waals surface area contributed by atoms with Gasteiger partial charge in [0.05, 0.1) is 11.6 Å². The summed E-state index contributed by atoms with van der Waals surface area (Å²) in [5.74, 6) is -1.70. The maximum atomic E-state index is 13.5. The van der Waals surface area contributed by atoms with Gasteiger partial charge in [0.1, 0.15) is 0 Å². The van der Waals surface area contributed by atoms with Gasteiger partial charge in [-0.1, -0.05) is 25.4 Å². The Labute approximate surface area is 93.0 Å². The molecule has 1 aromatic carbocycles. The Balaban J connectivity index is 3.04. The first kappa shape index (κ1) is 12.2. The van der Waals surface area contributed by atoms with Crippen LogP contribution < -0.4 is 4.74 Å². The third-order valence-electron chi connectivity index (χ3n) is 1.86. The second kappa shape index (κ2) is 4.79. The molecule has 0 amide bonds. The smallest absolute Gasteiger partial charge is 0.192 e. The summed E-state index contributed by atoms with van der Waals surface area (Å²) in [6.45, 7) is 5.57. The van der Waals surface area contributed by atoms with Gasteiger partial charge in [-0.25, -0.2) is 8.78 Å². The molecule has 0 fully saturated rings. The van der Waals surface area contributed by atoms with Crippen LogP contribution >= 0.6 is 11.6 Å². The topological polar surface area (TPSA) is 9.23 Å². The molecule has 1 nitrogen and oxygen atoms in total. The van der Waals surface area contributed by atoms with Crippen molar-refractivity contribution in [1.29, 1.82) is 0 Å². The van der Waals surface area contributed by atoms with Crippen molar-refractivity contribution in [2.45, 2.75) is 20.8 Å². The van der Waals surface area contributed by atoms with E-state index in [1.807, 2.05) is 13.8 Å². The molecule has 15 heavy (non-hydrogen) atoms. The number of hydrogen-bond donors (Lipinski definition) is 0. The molecule has 1 rings (SSSR count). The third-order valence-corrected chi connectivity index (χ3v) is 2.13. The maximum Gasteiger partial charge on any atom is 0.192 e. The van der Waals surface area contributed by atoms with E-state index in [1.165, 1.54) is 13.0 Å². The van der Waals surface area contributed by atoms with Crippen molar-refractivity contribution < 1.29 is 13.5 Å². The molecule has 0 saturated carbocycles. The van der Waals surface area contributed by atoms with E-state index in [0.29, 0.717) is 0 Å². The Morgan fingerprint density at radius 3 is 2.47 bits per heavy atom. The number of rotatable bonds is 3. The zero-order chi connectivity index (χ0) is 11.6. The van der Waals surface area contributed by atoms with Crippen LogP contribution in [0.5, 0.6) is 5.75 Å². The van der Waals surface area contributed by atoms with Gasteiger partial charge in [0.2, 0.25) is 0 Å². The minimum atomic E-state index is -0.833. The lowest BCUT2D eigenvalue weighted by molar-refractivity contribution is 0.246. The fraction of sp³-hybridized carbons (Fsp3) is 0.455. The van der Waals surface area contributed by atoms with Crippen molar-refractivity contribution in [1.82, 2.24) is 0 Å².